The number of aromatic nitrogens is 3. The van der Waals surface area contributed by atoms with Gasteiger partial charge in [-0.1, -0.05) is 17.7 Å². The summed E-state index contributed by atoms with van der Waals surface area (Å²) >= 11 is 6.16. The number of amidine groups is 1. The molecule has 8 heteroatoms. The van der Waals surface area contributed by atoms with Crippen LogP contribution < -0.4 is 9.64 Å². The number of pyridine rings is 1. The van der Waals surface area contributed by atoms with Crippen LogP contribution in [0.15, 0.2) is 40.6 Å². The molecule has 0 atom stereocenters. The predicted molar refractivity (Wildman–Crippen MR) is 103 cm³/mol. The first kappa shape index (κ1) is 18.0. The zero-order chi connectivity index (χ0) is 18.5. The van der Waals surface area contributed by atoms with E-state index < -0.39 is 0 Å². The molecule has 1 aliphatic heterocycles. The third-order valence-electron chi connectivity index (χ3n) is 3.92. The van der Waals surface area contributed by atoms with Gasteiger partial charge in [-0.2, -0.15) is 4.98 Å². The molecule has 1 aliphatic rings. The number of methoxy groups -OCH3 is 1. The van der Waals surface area contributed by atoms with Crippen LogP contribution in [0.4, 0.5) is 5.82 Å². The van der Waals surface area contributed by atoms with Crippen LogP contribution in [0.3, 0.4) is 0 Å². The summed E-state index contributed by atoms with van der Waals surface area (Å²) in [5.41, 5.74) is 2.02. The second-order valence-electron chi connectivity index (χ2n) is 5.62. The molecule has 3 rings (SSSR count). The molecule has 0 N–H and O–H groups in total. The number of rotatable bonds is 4. The fourth-order valence-corrected chi connectivity index (χ4v) is 2.85. The number of ether oxygens (including phenoxy) is 1. The van der Waals surface area contributed by atoms with Crippen molar-refractivity contribution in [2.24, 2.45) is 9.98 Å². The Kier molecular flexibility index (Phi) is 5.58. The van der Waals surface area contributed by atoms with Crippen LogP contribution in [-0.2, 0) is 13.0 Å². The van der Waals surface area contributed by atoms with E-state index in [2.05, 4.69) is 36.6 Å². The van der Waals surface area contributed by atoms with Crippen molar-refractivity contribution >= 4 is 30.0 Å². The first-order chi connectivity index (χ1) is 12.6. The lowest BCUT2D eigenvalue weighted by molar-refractivity contribution is 0.397. The van der Waals surface area contributed by atoms with Gasteiger partial charge < -0.3 is 9.64 Å². The molecule has 0 aromatic carbocycles. The Morgan fingerprint density at radius 3 is 2.96 bits per heavy atom. The van der Waals surface area contributed by atoms with Gasteiger partial charge in [-0.25, -0.2) is 20.0 Å². The summed E-state index contributed by atoms with van der Waals surface area (Å²) in [7, 11) is 1.57. The van der Waals surface area contributed by atoms with Crippen LogP contribution in [0, 0.1) is 0 Å². The van der Waals surface area contributed by atoms with E-state index in [4.69, 9.17) is 16.3 Å². The quantitative estimate of drug-likeness (QED) is 0.610. The molecule has 0 unspecified atom stereocenters. The molecule has 3 heterocycles. The molecule has 134 valence electrons. The number of anilines is 1. The lowest BCUT2D eigenvalue weighted by Gasteiger charge is -2.29. The fourth-order valence-electron chi connectivity index (χ4n) is 2.66. The van der Waals surface area contributed by atoms with Crippen molar-refractivity contribution in [2.75, 3.05) is 18.6 Å². The average molecular weight is 371 g/mol. The van der Waals surface area contributed by atoms with E-state index in [0.717, 1.165) is 30.0 Å². The molecular weight excluding hydrogens is 352 g/mol. The smallest absolute Gasteiger partial charge is 0.216 e. The van der Waals surface area contributed by atoms with Crippen molar-refractivity contribution < 1.29 is 4.74 Å². The zero-order valence-corrected chi connectivity index (χ0v) is 15.4. The molecule has 0 aliphatic carbocycles. The van der Waals surface area contributed by atoms with Crippen molar-refractivity contribution in [2.45, 2.75) is 19.9 Å². The van der Waals surface area contributed by atoms with Gasteiger partial charge in [0.15, 0.2) is 11.7 Å². The van der Waals surface area contributed by atoms with Gasteiger partial charge in [0.25, 0.3) is 0 Å². The van der Waals surface area contributed by atoms with E-state index in [1.807, 2.05) is 25.3 Å². The third kappa shape index (κ3) is 3.88. The summed E-state index contributed by atoms with van der Waals surface area (Å²) < 4.78 is 5.20. The molecule has 0 radical (unpaired) electrons. The summed E-state index contributed by atoms with van der Waals surface area (Å²) in [6.45, 7) is 6.84. The van der Waals surface area contributed by atoms with Crippen LogP contribution in [0.5, 0.6) is 5.88 Å². The summed E-state index contributed by atoms with van der Waals surface area (Å²) in [5, 5.41) is 0.589. The maximum atomic E-state index is 6.16. The number of aliphatic imine (C=N–C) groups is 2. The Labute approximate surface area is 157 Å². The Morgan fingerprint density at radius 2 is 2.23 bits per heavy atom. The van der Waals surface area contributed by atoms with Gasteiger partial charge in [-0.05, 0) is 19.7 Å². The predicted octanol–water partition coefficient (Wildman–Crippen LogP) is 3.08. The van der Waals surface area contributed by atoms with Crippen LogP contribution >= 0.6 is 11.6 Å². The standard InChI is InChI=1S/C18H19ClN6O/c1-4-6-21-17(20-2)18-22-10-12-11-25(7-5-14(12)23-18)15-8-13(19)9-16(24-15)26-3/h4,6,8-10H,2,5,7,11H2,1,3H3/b6-4-,21-17-. The lowest BCUT2D eigenvalue weighted by Crippen LogP contribution is -2.32. The lowest BCUT2D eigenvalue weighted by atomic mass is 10.1. The van der Waals surface area contributed by atoms with Gasteiger partial charge >= 0.3 is 0 Å². The number of hydrogen-bond donors (Lipinski definition) is 0. The van der Waals surface area contributed by atoms with E-state index in [1.54, 1.807) is 19.4 Å². The molecule has 0 bridgehead atoms. The highest BCUT2D eigenvalue weighted by Gasteiger charge is 2.21. The SMILES string of the molecule is C=N/C(=N\C=C/C)c1ncc2c(n1)CCN(c1cc(Cl)cc(OC)n1)C2. The molecule has 0 spiro atoms. The maximum Gasteiger partial charge on any atom is 0.216 e. The summed E-state index contributed by atoms with van der Waals surface area (Å²) in [4.78, 5) is 23.7. The number of halogens is 1. The van der Waals surface area contributed by atoms with Gasteiger partial charge in [-0.15, -0.1) is 0 Å². The van der Waals surface area contributed by atoms with Gasteiger partial charge in [-0.3, -0.25) is 0 Å². The van der Waals surface area contributed by atoms with E-state index in [9.17, 15) is 0 Å². The number of nitrogens with zero attached hydrogens (tertiary/aromatic N) is 6. The van der Waals surface area contributed by atoms with Crippen molar-refractivity contribution in [3.63, 3.8) is 0 Å². The molecule has 26 heavy (non-hydrogen) atoms. The monoisotopic (exact) mass is 370 g/mol. The van der Waals surface area contributed by atoms with E-state index in [0.29, 0.717) is 29.1 Å². The Hall–Kier alpha value is -2.80. The largest absolute Gasteiger partial charge is 0.481 e. The fraction of sp³-hybridized carbons (Fsp3) is 0.278. The molecule has 2 aromatic heterocycles. The van der Waals surface area contributed by atoms with Crippen molar-refractivity contribution in [3.05, 3.63) is 52.7 Å². The normalized spacial score (nSPS) is 14.4. The van der Waals surface area contributed by atoms with E-state index in [-0.39, 0.29) is 0 Å². The third-order valence-corrected chi connectivity index (χ3v) is 4.13. The van der Waals surface area contributed by atoms with Crippen molar-refractivity contribution in [1.82, 2.24) is 15.0 Å². The second kappa shape index (κ2) is 8.05. The minimum Gasteiger partial charge on any atom is -0.481 e. The zero-order valence-electron chi connectivity index (χ0n) is 14.7. The maximum absolute atomic E-state index is 6.16. The van der Waals surface area contributed by atoms with Gasteiger partial charge in [0, 0.05) is 48.6 Å². The van der Waals surface area contributed by atoms with Gasteiger partial charge in [0.1, 0.15) is 5.82 Å². The minimum atomic E-state index is 0.412. The highest BCUT2D eigenvalue weighted by Crippen LogP contribution is 2.27. The highest BCUT2D eigenvalue weighted by molar-refractivity contribution is 6.30. The molecule has 2 aromatic rings. The molecular formula is C18H19ClN6O. The Balaban J connectivity index is 1.86. The minimum absolute atomic E-state index is 0.412. The van der Waals surface area contributed by atoms with Crippen molar-refractivity contribution in [3.8, 4) is 5.88 Å². The van der Waals surface area contributed by atoms with Crippen molar-refractivity contribution in [1.29, 1.82) is 0 Å². The first-order valence-electron chi connectivity index (χ1n) is 8.12. The number of hydrogen-bond acceptors (Lipinski definition) is 6. The molecule has 7 nitrogen and oxygen atoms in total. The molecule has 0 saturated heterocycles. The number of allylic oxidation sites excluding steroid dienone is 1. The highest BCUT2D eigenvalue weighted by atomic mass is 35.5. The number of fused-ring (bicyclic) bond motifs is 1. The Morgan fingerprint density at radius 1 is 1.38 bits per heavy atom. The summed E-state index contributed by atoms with van der Waals surface area (Å²) in [5.74, 6) is 2.15. The van der Waals surface area contributed by atoms with Crippen LogP contribution in [0.2, 0.25) is 5.02 Å². The first-order valence-corrected chi connectivity index (χ1v) is 8.49. The van der Waals surface area contributed by atoms with Crippen LogP contribution in [0.1, 0.15) is 24.0 Å². The van der Waals surface area contributed by atoms with E-state index >= 15 is 0 Å². The summed E-state index contributed by atoms with van der Waals surface area (Å²) in [6.07, 6.45) is 6.03. The van der Waals surface area contributed by atoms with Crippen LogP contribution in [-0.4, -0.2) is 41.2 Å². The van der Waals surface area contributed by atoms with E-state index in [1.165, 1.54) is 0 Å². The van der Waals surface area contributed by atoms with Gasteiger partial charge in [0.05, 0.1) is 12.8 Å². The summed E-state index contributed by atoms with van der Waals surface area (Å²) in [6, 6.07) is 3.51. The molecule has 0 saturated carbocycles. The topological polar surface area (TPSA) is 75.9 Å². The van der Waals surface area contributed by atoms with Gasteiger partial charge in [0.2, 0.25) is 5.88 Å². The molecule has 0 fully saturated rings. The van der Waals surface area contributed by atoms with Crippen LogP contribution in [0.25, 0.3) is 0 Å². The Bertz CT molecular complexity index is 880. The molecule has 0 amide bonds. The average Bonchev–Trinajstić information content (AvgIpc) is 2.67. The second-order valence-corrected chi connectivity index (χ2v) is 6.05.